The molecule has 0 atom stereocenters. The number of hydrogen-bond donors (Lipinski definition) is 2. The average molecular weight is 434 g/mol. The number of carbonyl (C=O) groups is 1. The number of aromatic nitrogens is 3. The largest absolute Gasteiger partial charge is 0.478 e. The predicted molar refractivity (Wildman–Crippen MR) is 124 cm³/mol. The van der Waals surface area contributed by atoms with Crippen molar-refractivity contribution in [3.05, 3.63) is 72.4 Å². The molecule has 0 amide bonds. The molecule has 2 aromatic carbocycles. The van der Waals surface area contributed by atoms with E-state index >= 15 is 0 Å². The number of nitrogens with one attached hydrogen (secondary N) is 1. The number of rotatable bonds is 7. The van der Waals surface area contributed by atoms with Crippen molar-refractivity contribution in [3.63, 3.8) is 0 Å². The van der Waals surface area contributed by atoms with Crippen LogP contribution in [0.1, 0.15) is 33.3 Å². The Morgan fingerprint density at radius 1 is 1.06 bits per heavy atom. The summed E-state index contributed by atoms with van der Waals surface area (Å²) in [5, 5.41) is 10.1. The van der Waals surface area contributed by atoms with E-state index in [0.29, 0.717) is 24.1 Å². The van der Waals surface area contributed by atoms with Crippen LogP contribution in [0.3, 0.4) is 0 Å². The second-order valence-electron chi connectivity index (χ2n) is 7.34. The van der Waals surface area contributed by atoms with Crippen LogP contribution in [0.5, 0.6) is 11.6 Å². The topological polar surface area (TPSA) is 97.3 Å². The fraction of sp³-hybridized carbons (Fsp3) is 0.240. The number of carboxylic acids is 1. The average Bonchev–Trinajstić information content (AvgIpc) is 3.23. The van der Waals surface area contributed by atoms with Crippen LogP contribution >= 0.6 is 0 Å². The van der Waals surface area contributed by atoms with Gasteiger partial charge in [0.15, 0.2) is 11.4 Å². The Morgan fingerprint density at radius 2 is 1.81 bits per heavy atom. The van der Waals surface area contributed by atoms with Crippen molar-refractivity contribution in [2.45, 2.75) is 39.9 Å². The number of carboxylic acid groups (broad SMARTS) is 1. The van der Waals surface area contributed by atoms with Gasteiger partial charge in [0.2, 0.25) is 5.88 Å². The van der Waals surface area contributed by atoms with Gasteiger partial charge < -0.3 is 19.6 Å². The first-order chi connectivity index (χ1) is 15.4. The van der Waals surface area contributed by atoms with Crippen molar-refractivity contribution >= 4 is 16.9 Å². The number of H-pyrrole nitrogens is 1. The van der Waals surface area contributed by atoms with E-state index in [4.69, 9.17) is 9.47 Å². The van der Waals surface area contributed by atoms with E-state index in [9.17, 15) is 9.90 Å². The molecule has 2 heterocycles. The molecule has 0 unspecified atom stereocenters. The SMILES string of the molecule is CC.CC(C)(Oc1ccc2[nH]c(-c3nccc(OCc4ccccc4)n3)cc2c1)C(=O)O. The molecule has 0 aliphatic rings. The molecule has 32 heavy (non-hydrogen) atoms. The molecule has 0 spiro atoms. The van der Waals surface area contributed by atoms with E-state index in [0.717, 1.165) is 22.2 Å². The number of benzene rings is 2. The minimum atomic E-state index is -1.32. The van der Waals surface area contributed by atoms with Crippen LogP contribution in [0.25, 0.3) is 22.4 Å². The van der Waals surface area contributed by atoms with Crippen LogP contribution in [0, 0.1) is 0 Å². The van der Waals surface area contributed by atoms with E-state index < -0.39 is 11.6 Å². The van der Waals surface area contributed by atoms with Crippen LogP contribution in [0.2, 0.25) is 0 Å². The van der Waals surface area contributed by atoms with Gasteiger partial charge in [-0.2, -0.15) is 4.98 Å². The fourth-order valence-electron chi connectivity index (χ4n) is 2.92. The lowest BCUT2D eigenvalue weighted by molar-refractivity contribution is -0.152. The molecule has 0 saturated carbocycles. The van der Waals surface area contributed by atoms with Crippen LogP contribution < -0.4 is 9.47 Å². The second-order valence-corrected chi connectivity index (χ2v) is 7.34. The molecule has 7 heteroatoms. The van der Waals surface area contributed by atoms with Gasteiger partial charge in [0, 0.05) is 23.2 Å². The first-order valence-electron chi connectivity index (χ1n) is 10.5. The Kier molecular flexibility index (Phi) is 7.10. The van der Waals surface area contributed by atoms with Crippen LogP contribution in [-0.2, 0) is 11.4 Å². The Hall–Kier alpha value is -3.87. The van der Waals surface area contributed by atoms with Crippen molar-refractivity contribution in [3.8, 4) is 23.1 Å². The number of aromatic amines is 1. The Labute approximate surface area is 187 Å². The van der Waals surface area contributed by atoms with E-state index in [1.54, 1.807) is 24.4 Å². The molecular formula is C25H27N3O4. The maximum Gasteiger partial charge on any atom is 0.347 e. The third-order valence-electron chi connectivity index (χ3n) is 4.58. The van der Waals surface area contributed by atoms with Gasteiger partial charge in [0.1, 0.15) is 12.4 Å². The van der Waals surface area contributed by atoms with Crippen molar-refractivity contribution in [1.82, 2.24) is 15.0 Å². The zero-order valence-electron chi connectivity index (χ0n) is 18.6. The smallest absolute Gasteiger partial charge is 0.347 e. The summed E-state index contributed by atoms with van der Waals surface area (Å²) in [6, 6.07) is 18.8. The minimum absolute atomic E-state index is 0.421. The van der Waals surface area contributed by atoms with Gasteiger partial charge >= 0.3 is 5.97 Å². The molecule has 0 aliphatic heterocycles. The molecule has 0 saturated heterocycles. The molecule has 166 valence electrons. The van der Waals surface area contributed by atoms with Crippen molar-refractivity contribution in [1.29, 1.82) is 0 Å². The number of ether oxygens (including phenoxy) is 2. The molecule has 0 bridgehead atoms. The summed E-state index contributed by atoms with van der Waals surface area (Å²) in [6.07, 6.45) is 1.65. The van der Waals surface area contributed by atoms with Crippen LogP contribution in [-0.4, -0.2) is 31.6 Å². The lowest BCUT2D eigenvalue weighted by Crippen LogP contribution is -2.37. The monoisotopic (exact) mass is 433 g/mol. The lowest BCUT2D eigenvalue weighted by Gasteiger charge is -2.21. The quantitative estimate of drug-likeness (QED) is 0.401. The van der Waals surface area contributed by atoms with Crippen molar-refractivity contribution in [2.24, 2.45) is 0 Å². The molecular weight excluding hydrogens is 406 g/mol. The predicted octanol–water partition coefficient (Wildman–Crippen LogP) is 5.47. The molecule has 0 fully saturated rings. The Balaban J connectivity index is 0.00000141. The summed E-state index contributed by atoms with van der Waals surface area (Å²) >= 11 is 0. The summed E-state index contributed by atoms with van der Waals surface area (Å²) in [7, 11) is 0. The fourth-order valence-corrected chi connectivity index (χ4v) is 2.92. The third-order valence-corrected chi connectivity index (χ3v) is 4.58. The van der Waals surface area contributed by atoms with E-state index in [2.05, 4.69) is 15.0 Å². The summed E-state index contributed by atoms with van der Waals surface area (Å²) in [6.45, 7) is 7.44. The maximum atomic E-state index is 11.3. The number of nitrogens with zero attached hydrogens (tertiary/aromatic N) is 2. The van der Waals surface area contributed by atoms with E-state index in [1.165, 1.54) is 13.8 Å². The molecule has 4 aromatic rings. The highest BCUT2D eigenvalue weighted by Gasteiger charge is 2.29. The number of aliphatic carboxylic acids is 1. The molecule has 0 radical (unpaired) electrons. The number of fused-ring (bicyclic) bond motifs is 1. The van der Waals surface area contributed by atoms with Gasteiger partial charge in [-0.05, 0) is 43.7 Å². The van der Waals surface area contributed by atoms with Crippen molar-refractivity contribution in [2.75, 3.05) is 0 Å². The highest BCUT2D eigenvalue weighted by atomic mass is 16.5. The summed E-state index contributed by atoms with van der Waals surface area (Å²) in [5.41, 5.74) is 1.33. The van der Waals surface area contributed by atoms with Gasteiger partial charge in [-0.15, -0.1) is 0 Å². The van der Waals surface area contributed by atoms with Gasteiger partial charge in [0.05, 0.1) is 5.69 Å². The normalized spacial score (nSPS) is 10.9. The Morgan fingerprint density at radius 3 is 2.53 bits per heavy atom. The second kappa shape index (κ2) is 9.96. The van der Waals surface area contributed by atoms with Gasteiger partial charge in [-0.25, -0.2) is 9.78 Å². The first-order valence-corrected chi connectivity index (χ1v) is 10.5. The third kappa shape index (κ3) is 5.43. The first kappa shape index (κ1) is 22.8. The standard InChI is InChI=1S/C23H21N3O4.C2H6/c1-23(2,22(27)28)30-17-8-9-18-16(12-17)13-19(25-18)21-24-11-10-20(26-21)29-14-15-6-4-3-5-7-15;1-2/h3-13,25H,14H2,1-2H3,(H,27,28);1-2H3. The number of hydrogen-bond acceptors (Lipinski definition) is 5. The lowest BCUT2D eigenvalue weighted by atomic mass is 10.1. The molecule has 4 rings (SSSR count). The summed E-state index contributed by atoms with van der Waals surface area (Å²) in [5.74, 6) is 0.430. The van der Waals surface area contributed by atoms with E-state index in [1.807, 2.05) is 56.3 Å². The van der Waals surface area contributed by atoms with Gasteiger partial charge in [-0.3, -0.25) is 0 Å². The van der Waals surface area contributed by atoms with Crippen molar-refractivity contribution < 1.29 is 19.4 Å². The van der Waals surface area contributed by atoms with Gasteiger partial charge in [0.25, 0.3) is 0 Å². The highest BCUT2D eigenvalue weighted by Crippen LogP contribution is 2.28. The molecule has 2 aromatic heterocycles. The summed E-state index contributed by atoms with van der Waals surface area (Å²) in [4.78, 5) is 23.4. The van der Waals surface area contributed by atoms with Gasteiger partial charge in [-0.1, -0.05) is 44.2 Å². The zero-order valence-corrected chi connectivity index (χ0v) is 18.6. The van der Waals surface area contributed by atoms with E-state index in [-0.39, 0.29) is 0 Å². The molecule has 7 nitrogen and oxygen atoms in total. The molecule has 0 aliphatic carbocycles. The Bertz CT molecular complexity index is 1190. The minimum Gasteiger partial charge on any atom is -0.478 e. The summed E-state index contributed by atoms with van der Waals surface area (Å²) < 4.78 is 11.4. The zero-order chi connectivity index (χ0) is 23.1. The van der Waals surface area contributed by atoms with Crippen LogP contribution in [0.4, 0.5) is 0 Å². The highest BCUT2D eigenvalue weighted by molar-refractivity contribution is 5.86. The van der Waals surface area contributed by atoms with Crippen LogP contribution in [0.15, 0.2) is 66.9 Å². The maximum absolute atomic E-state index is 11.3. The molecule has 2 N–H and O–H groups in total.